The van der Waals surface area contributed by atoms with E-state index in [1.54, 1.807) is 69.9 Å². The maximum Gasteiger partial charge on any atom is 0.419 e. The molecule has 5 heterocycles. The molecule has 44 heavy (non-hydrogen) atoms. The number of anilines is 3. The Hall–Kier alpha value is -4.62. The van der Waals surface area contributed by atoms with Gasteiger partial charge in [-0.05, 0) is 51.1 Å². The zero-order valence-corrected chi connectivity index (χ0v) is 26.0. The largest absolute Gasteiger partial charge is 0.443 e. The minimum Gasteiger partial charge on any atom is -0.443 e. The van der Waals surface area contributed by atoms with E-state index in [1.165, 1.54) is 9.13 Å². The summed E-state index contributed by atoms with van der Waals surface area (Å²) in [6.07, 6.45) is 1.16. The minimum atomic E-state index is -0.770. The summed E-state index contributed by atoms with van der Waals surface area (Å²) >= 11 is 6.46. The average molecular weight is 620 g/mol. The first kappa shape index (κ1) is 29.5. The van der Waals surface area contributed by atoms with Crippen LogP contribution in [-0.2, 0) is 25.4 Å². The van der Waals surface area contributed by atoms with E-state index in [9.17, 15) is 14.4 Å². The molecule has 13 nitrogen and oxygen atoms in total. The van der Waals surface area contributed by atoms with Gasteiger partial charge in [0.05, 0.1) is 29.6 Å². The summed E-state index contributed by atoms with van der Waals surface area (Å²) in [4.78, 5) is 52.1. The van der Waals surface area contributed by atoms with Crippen molar-refractivity contribution in [3.8, 4) is 0 Å². The van der Waals surface area contributed by atoms with Crippen LogP contribution in [0, 0.1) is 0 Å². The van der Waals surface area contributed by atoms with E-state index in [4.69, 9.17) is 16.3 Å². The second-order valence-corrected chi connectivity index (χ2v) is 12.2. The smallest absolute Gasteiger partial charge is 0.419 e. The molecule has 6 rings (SSSR count). The summed E-state index contributed by atoms with van der Waals surface area (Å²) in [5.41, 5.74) is 0.425. The number of hydrogen-bond donors (Lipinski definition) is 2. The first-order valence-electron chi connectivity index (χ1n) is 14.3. The van der Waals surface area contributed by atoms with E-state index in [0.717, 1.165) is 36.4 Å². The molecule has 1 aliphatic heterocycles. The predicted octanol–water partition coefficient (Wildman–Crippen LogP) is 3.42. The number of piperazine rings is 1. The first-order valence-corrected chi connectivity index (χ1v) is 14.7. The van der Waals surface area contributed by atoms with Crippen LogP contribution in [-0.4, -0.2) is 66.1 Å². The summed E-state index contributed by atoms with van der Waals surface area (Å²) in [5.74, 6) is 0.897. The molecule has 0 unspecified atom stereocenters. The molecule has 0 aliphatic carbocycles. The minimum absolute atomic E-state index is 0.200. The van der Waals surface area contributed by atoms with Gasteiger partial charge in [0.25, 0.3) is 5.56 Å². The van der Waals surface area contributed by atoms with Crippen molar-refractivity contribution in [1.82, 2.24) is 33.6 Å². The Kier molecular flexibility index (Phi) is 7.46. The number of aryl methyl sites for hydroxylation is 2. The highest BCUT2D eigenvalue weighted by atomic mass is 35.5. The van der Waals surface area contributed by atoms with Gasteiger partial charge in [0.15, 0.2) is 11.2 Å². The molecule has 14 heteroatoms. The number of imidazole rings is 1. The highest BCUT2D eigenvalue weighted by molar-refractivity contribution is 6.35. The monoisotopic (exact) mass is 619 g/mol. The van der Waals surface area contributed by atoms with Gasteiger partial charge in [0.2, 0.25) is 5.95 Å². The standard InChI is InChI=1S/C30H34ClN9O4/c1-30(2,3)44-29(43)40-19(15-20-21(31)7-6-8-22(20)40)17-39-26(41)24-25(37(5)28(39)42)35-27(36(24)4)34-23-10-9-18(16-33-23)38-13-11-32-12-14-38/h6-10,15-16,32H,11-14,17H2,1-5H3,(H,33,34,35). The lowest BCUT2D eigenvalue weighted by molar-refractivity contribution is 0.0540. The zero-order chi connectivity index (χ0) is 31.3. The summed E-state index contributed by atoms with van der Waals surface area (Å²) in [6, 6.07) is 10.7. The number of aromatic nitrogens is 6. The van der Waals surface area contributed by atoms with E-state index in [-0.39, 0.29) is 17.7 Å². The fraction of sp³-hybridized carbons (Fsp3) is 0.367. The van der Waals surface area contributed by atoms with E-state index in [0.29, 0.717) is 33.4 Å². The molecule has 4 aromatic heterocycles. The Labute approximate surface area is 257 Å². The van der Waals surface area contributed by atoms with Crippen molar-refractivity contribution >= 4 is 57.2 Å². The molecule has 1 fully saturated rings. The number of nitrogens with one attached hydrogen (secondary N) is 2. The van der Waals surface area contributed by atoms with Crippen LogP contribution < -0.4 is 26.8 Å². The number of carbonyl (C=O) groups excluding carboxylic acids is 1. The summed E-state index contributed by atoms with van der Waals surface area (Å²) in [7, 11) is 3.25. The molecule has 0 spiro atoms. The number of fused-ring (bicyclic) bond motifs is 2. The van der Waals surface area contributed by atoms with Gasteiger partial charge in [0.1, 0.15) is 11.4 Å². The predicted molar refractivity (Wildman–Crippen MR) is 170 cm³/mol. The second-order valence-electron chi connectivity index (χ2n) is 11.8. The highest BCUT2D eigenvalue weighted by Gasteiger charge is 2.25. The highest BCUT2D eigenvalue weighted by Crippen LogP contribution is 2.28. The average Bonchev–Trinajstić information content (AvgIpc) is 3.52. The topological polar surface area (TPSA) is 133 Å². The van der Waals surface area contributed by atoms with E-state index in [1.807, 2.05) is 12.1 Å². The van der Waals surface area contributed by atoms with E-state index < -0.39 is 22.9 Å². The Morgan fingerprint density at radius 1 is 1.09 bits per heavy atom. The van der Waals surface area contributed by atoms with Gasteiger partial charge in [-0.1, -0.05) is 17.7 Å². The number of halogens is 1. The number of nitrogens with zero attached hydrogens (tertiary/aromatic N) is 7. The number of benzene rings is 1. The third-order valence-corrected chi connectivity index (χ3v) is 7.92. The maximum atomic E-state index is 13.9. The lowest BCUT2D eigenvalue weighted by atomic mass is 10.2. The van der Waals surface area contributed by atoms with E-state index in [2.05, 4.69) is 25.5 Å². The summed E-state index contributed by atoms with van der Waals surface area (Å²) in [6.45, 7) is 8.76. The fourth-order valence-corrected chi connectivity index (χ4v) is 5.65. The van der Waals surface area contributed by atoms with Gasteiger partial charge in [-0.2, -0.15) is 4.98 Å². The van der Waals surface area contributed by atoms with Crippen LogP contribution in [0.25, 0.3) is 22.1 Å². The Bertz CT molecular complexity index is 2010. The number of carbonyl (C=O) groups is 1. The van der Waals surface area contributed by atoms with Crippen molar-refractivity contribution < 1.29 is 9.53 Å². The van der Waals surface area contributed by atoms with Crippen LogP contribution in [0.5, 0.6) is 0 Å². The van der Waals surface area contributed by atoms with Crippen LogP contribution in [0.2, 0.25) is 5.02 Å². The number of hydrogen-bond acceptors (Lipinski definition) is 9. The lowest BCUT2D eigenvalue weighted by Gasteiger charge is -2.29. The Morgan fingerprint density at radius 3 is 2.52 bits per heavy atom. The molecule has 0 atom stereocenters. The lowest BCUT2D eigenvalue weighted by Crippen LogP contribution is -2.43. The van der Waals surface area contributed by atoms with E-state index >= 15 is 0 Å². The third-order valence-electron chi connectivity index (χ3n) is 7.60. The van der Waals surface area contributed by atoms with Crippen molar-refractivity contribution in [1.29, 1.82) is 0 Å². The Balaban J connectivity index is 1.38. The van der Waals surface area contributed by atoms with Crippen molar-refractivity contribution in [2.45, 2.75) is 32.9 Å². The Morgan fingerprint density at radius 2 is 1.84 bits per heavy atom. The van der Waals surface area contributed by atoms with Gasteiger partial charge in [-0.25, -0.2) is 19.1 Å². The van der Waals surface area contributed by atoms with Crippen LogP contribution in [0.4, 0.5) is 22.2 Å². The number of pyridine rings is 1. The first-order chi connectivity index (χ1) is 20.9. The molecule has 1 aliphatic rings. The van der Waals surface area contributed by atoms with Crippen LogP contribution in [0.3, 0.4) is 0 Å². The molecule has 0 radical (unpaired) electrons. The molecule has 1 aromatic carbocycles. The van der Waals surface area contributed by atoms with Crippen LogP contribution in [0.15, 0.2) is 52.2 Å². The molecule has 1 saturated heterocycles. The van der Waals surface area contributed by atoms with Gasteiger partial charge < -0.3 is 24.8 Å². The second kappa shape index (κ2) is 11.1. The van der Waals surface area contributed by atoms with Crippen LogP contribution >= 0.6 is 11.6 Å². The van der Waals surface area contributed by atoms with Gasteiger partial charge in [0, 0.05) is 50.7 Å². The van der Waals surface area contributed by atoms with Crippen LogP contribution in [0.1, 0.15) is 26.5 Å². The third kappa shape index (κ3) is 5.33. The molecule has 230 valence electrons. The summed E-state index contributed by atoms with van der Waals surface area (Å²) < 4.78 is 11.0. The number of ether oxygens (including phenoxy) is 1. The van der Waals surface area contributed by atoms with Crippen molar-refractivity contribution in [2.24, 2.45) is 14.1 Å². The molecule has 0 amide bonds. The molecular weight excluding hydrogens is 586 g/mol. The molecule has 0 saturated carbocycles. The molecule has 0 bridgehead atoms. The van der Waals surface area contributed by atoms with Gasteiger partial charge in [-0.3, -0.25) is 13.9 Å². The SMILES string of the molecule is Cn1c(Nc2ccc(N3CCNCC3)cn2)nc2c1c(=O)n(Cc1cc3c(Cl)cccc3n1C(=O)OC(C)(C)C)c(=O)n2C. The zero-order valence-electron chi connectivity index (χ0n) is 25.2. The van der Waals surface area contributed by atoms with Crippen molar-refractivity contribution in [2.75, 3.05) is 36.4 Å². The van der Waals surface area contributed by atoms with Gasteiger partial charge >= 0.3 is 11.8 Å². The van der Waals surface area contributed by atoms with Crippen molar-refractivity contribution in [3.63, 3.8) is 0 Å². The molecule has 2 N–H and O–H groups in total. The summed E-state index contributed by atoms with van der Waals surface area (Å²) in [5, 5.41) is 7.54. The molecular formula is C30H34ClN9O4. The van der Waals surface area contributed by atoms with Gasteiger partial charge in [-0.15, -0.1) is 0 Å². The quantitative estimate of drug-likeness (QED) is 0.304. The normalized spacial score (nSPS) is 14.0. The maximum absolute atomic E-state index is 13.9. The van der Waals surface area contributed by atoms with Crippen molar-refractivity contribution in [3.05, 3.63) is 74.1 Å². The fourth-order valence-electron chi connectivity index (χ4n) is 5.43. The molecule has 5 aromatic rings. The number of rotatable bonds is 5.